The molecule has 0 N–H and O–H groups in total. The predicted molar refractivity (Wildman–Crippen MR) is 47.5 cm³/mol. The largest absolute Gasteiger partial charge is 0.455 e. The van der Waals surface area contributed by atoms with Crippen LogP contribution in [0, 0.1) is 0 Å². The quantitative estimate of drug-likeness (QED) is 0.558. The van der Waals surface area contributed by atoms with Crippen molar-refractivity contribution in [3.8, 4) is 0 Å². The van der Waals surface area contributed by atoms with E-state index < -0.39 is 8.32 Å². The number of hydrogen-bond donors (Lipinski definition) is 0. The van der Waals surface area contributed by atoms with Gasteiger partial charge in [-0.05, 0) is 6.55 Å². The maximum Gasteiger partial charge on any atom is 0.225 e. The fourth-order valence-electron chi connectivity index (χ4n) is 0.512. The molecule has 0 aliphatic carbocycles. The third kappa shape index (κ3) is 2.79. The van der Waals surface area contributed by atoms with Gasteiger partial charge in [0.05, 0.1) is 0 Å². The molecule has 0 rings (SSSR count). The van der Waals surface area contributed by atoms with E-state index in [0.29, 0.717) is 0 Å². The molecule has 0 aromatic carbocycles. The molecule has 0 spiro atoms. The second-order valence-electron chi connectivity index (χ2n) is 2.03. The molecule has 3 heteroatoms. The average molecular weight is 158 g/mol. The summed E-state index contributed by atoms with van der Waals surface area (Å²) in [5.41, 5.74) is 3.83. The van der Waals surface area contributed by atoms with Gasteiger partial charge in [-0.2, -0.15) is 0 Å². The first-order chi connectivity index (χ1) is 4.18. The van der Waals surface area contributed by atoms with E-state index in [1.54, 1.807) is 0 Å². The minimum atomic E-state index is -1.61. The molecule has 0 aromatic heterocycles. The van der Waals surface area contributed by atoms with Crippen molar-refractivity contribution in [1.29, 1.82) is 0 Å². The topological polar surface area (TPSA) is 9.23 Å². The van der Waals surface area contributed by atoms with E-state index >= 15 is 0 Å². The van der Waals surface area contributed by atoms with Gasteiger partial charge in [-0.1, -0.05) is 17.9 Å². The highest BCUT2D eigenvalue weighted by molar-refractivity contribution is 6.84. The van der Waals surface area contributed by atoms with Crippen molar-refractivity contribution in [3.05, 3.63) is 24.6 Å². The van der Waals surface area contributed by atoms with Crippen LogP contribution >= 0.6 is 0 Å². The van der Waals surface area contributed by atoms with Gasteiger partial charge in [-0.15, -0.1) is 13.2 Å². The molecule has 1 nitrogen and oxygen atoms in total. The van der Waals surface area contributed by atoms with Crippen LogP contribution < -0.4 is 0 Å². The zero-order chi connectivity index (χ0) is 7.33. The van der Waals surface area contributed by atoms with Crippen LogP contribution in [0.5, 0.6) is 0 Å². The molecule has 0 aliphatic heterocycles. The SMILES string of the molecule is C=C[Si](C)(C=C)O[SiH2]C. The minimum absolute atomic E-state index is 0.293. The predicted octanol–water partition coefficient (Wildman–Crippen LogP) is 1.16. The normalized spacial score (nSPS) is 12.2. The molecule has 0 saturated carbocycles. The van der Waals surface area contributed by atoms with Crippen LogP contribution in [-0.2, 0) is 4.12 Å². The Kier molecular flexibility index (Phi) is 3.76. The highest BCUT2D eigenvalue weighted by atomic mass is 28.4. The molecule has 0 bridgehead atoms. The second-order valence-corrected chi connectivity index (χ2v) is 6.94. The van der Waals surface area contributed by atoms with E-state index in [1.165, 1.54) is 0 Å². The Balaban J connectivity index is 3.91. The van der Waals surface area contributed by atoms with Crippen molar-refractivity contribution >= 4 is 18.1 Å². The van der Waals surface area contributed by atoms with Gasteiger partial charge in [0.15, 0.2) is 0 Å². The Bertz CT molecular complexity index is 104. The van der Waals surface area contributed by atoms with Crippen LogP contribution in [0.3, 0.4) is 0 Å². The summed E-state index contributed by atoms with van der Waals surface area (Å²) in [5, 5.41) is 0. The maximum atomic E-state index is 5.57. The molecule has 52 valence electrons. The monoisotopic (exact) mass is 158 g/mol. The molecule has 0 amide bonds. The Morgan fingerprint density at radius 2 is 1.89 bits per heavy atom. The fourth-order valence-corrected chi connectivity index (χ4v) is 4.11. The molecular formula is C6H14OSi2. The lowest BCUT2D eigenvalue weighted by Crippen LogP contribution is -2.30. The van der Waals surface area contributed by atoms with E-state index in [0.717, 1.165) is 0 Å². The molecule has 9 heavy (non-hydrogen) atoms. The molecule has 0 aromatic rings. The summed E-state index contributed by atoms with van der Waals surface area (Å²) in [6.45, 7) is 11.6. The lowest BCUT2D eigenvalue weighted by atomic mass is 11.2. The van der Waals surface area contributed by atoms with Gasteiger partial charge in [0, 0.05) is 0 Å². The third-order valence-corrected chi connectivity index (χ3v) is 6.53. The maximum absolute atomic E-state index is 5.57. The van der Waals surface area contributed by atoms with Crippen LogP contribution in [0.15, 0.2) is 24.6 Å². The summed E-state index contributed by atoms with van der Waals surface area (Å²) in [5.74, 6) is 0. The summed E-state index contributed by atoms with van der Waals surface area (Å²) in [4.78, 5) is 0. The minimum Gasteiger partial charge on any atom is -0.455 e. The van der Waals surface area contributed by atoms with Gasteiger partial charge in [0.2, 0.25) is 8.32 Å². The molecule has 0 fully saturated rings. The average Bonchev–Trinajstić information content (AvgIpc) is 1.89. The van der Waals surface area contributed by atoms with E-state index in [4.69, 9.17) is 4.12 Å². The van der Waals surface area contributed by atoms with Crippen molar-refractivity contribution in [2.24, 2.45) is 0 Å². The van der Waals surface area contributed by atoms with Crippen molar-refractivity contribution < 1.29 is 4.12 Å². The van der Waals surface area contributed by atoms with Crippen molar-refractivity contribution in [3.63, 3.8) is 0 Å². The van der Waals surface area contributed by atoms with E-state index in [1.807, 2.05) is 11.4 Å². The molecule has 0 radical (unpaired) electrons. The Morgan fingerprint density at radius 3 is 2.00 bits per heavy atom. The number of rotatable bonds is 4. The lowest BCUT2D eigenvalue weighted by Gasteiger charge is -2.17. The molecule has 0 unspecified atom stereocenters. The van der Waals surface area contributed by atoms with Crippen molar-refractivity contribution in [2.75, 3.05) is 0 Å². The second kappa shape index (κ2) is 3.82. The first-order valence-corrected chi connectivity index (χ1v) is 7.65. The number of hydrogen-bond acceptors (Lipinski definition) is 1. The molecular weight excluding hydrogens is 144 g/mol. The third-order valence-electron chi connectivity index (χ3n) is 1.27. The zero-order valence-electron chi connectivity index (χ0n) is 6.18. The highest BCUT2D eigenvalue weighted by Crippen LogP contribution is 2.04. The highest BCUT2D eigenvalue weighted by Gasteiger charge is 2.17. The lowest BCUT2D eigenvalue weighted by molar-refractivity contribution is 0.616. The Labute approximate surface area is 60.5 Å². The van der Waals surface area contributed by atoms with Gasteiger partial charge >= 0.3 is 0 Å². The summed E-state index contributed by atoms with van der Waals surface area (Å²) in [6, 6.07) is 0. The molecule has 0 heterocycles. The van der Waals surface area contributed by atoms with Crippen LogP contribution in [0.4, 0.5) is 0 Å². The zero-order valence-corrected chi connectivity index (χ0v) is 8.60. The summed E-state index contributed by atoms with van der Waals surface area (Å²) in [6.07, 6.45) is 0. The Morgan fingerprint density at radius 1 is 1.44 bits per heavy atom. The summed E-state index contributed by atoms with van der Waals surface area (Å²) in [7, 11) is -1.90. The summed E-state index contributed by atoms with van der Waals surface area (Å²) >= 11 is 0. The first-order valence-electron chi connectivity index (χ1n) is 3.09. The van der Waals surface area contributed by atoms with Crippen molar-refractivity contribution in [2.45, 2.75) is 13.1 Å². The Hall–Kier alpha value is -0.126. The van der Waals surface area contributed by atoms with Gasteiger partial charge in [-0.3, -0.25) is 0 Å². The van der Waals surface area contributed by atoms with Gasteiger partial charge in [0.1, 0.15) is 9.76 Å². The van der Waals surface area contributed by atoms with Crippen LogP contribution in [0.2, 0.25) is 13.1 Å². The van der Waals surface area contributed by atoms with Gasteiger partial charge < -0.3 is 4.12 Å². The van der Waals surface area contributed by atoms with Gasteiger partial charge in [0.25, 0.3) is 0 Å². The van der Waals surface area contributed by atoms with E-state index in [2.05, 4.69) is 26.3 Å². The van der Waals surface area contributed by atoms with Crippen LogP contribution in [0.1, 0.15) is 0 Å². The smallest absolute Gasteiger partial charge is 0.225 e. The van der Waals surface area contributed by atoms with E-state index in [-0.39, 0.29) is 9.76 Å². The molecule has 0 atom stereocenters. The van der Waals surface area contributed by atoms with Crippen LogP contribution in [0.25, 0.3) is 0 Å². The first kappa shape index (κ1) is 8.87. The summed E-state index contributed by atoms with van der Waals surface area (Å²) < 4.78 is 5.57. The van der Waals surface area contributed by atoms with Gasteiger partial charge in [-0.25, -0.2) is 0 Å². The standard InChI is InChI=1S/C6H14OSi2/c1-5-9(4,6-2)7-8-3/h5-6H,1-2,8H2,3-4H3. The van der Waals surface area contributed by atoms with Crippen LogP contribution in [-0.4, -0.2) is 18.1 Å². The van der Waals surface area contributed by atoms with Crippen molar-refractivity contribution in [1.82, 2.24) is 0 Å². The molecule has 0 saturated heterocycles. The molecule has 0 aliphatic rings. The van der Waals surface area contributed by atoms with E-state index in [9.17, 15) is 0 Å². The fraction of sp³-hybridized carbons (Fsp3) is 0.333.